The molecule has 0 spiro atoms. The summed E-state index contributed by atoms with van der Waals surface area (Å²) in [5.41, 5.74) is 1.50. The van der Waals surface area contributed by atoms with Crippen LogP contribution in [0.3, 0.4) is 0 Å². The van der Waals surface area contributed by atoms with E-state index in [-0.39, 0.29) is 0 Å². The van der Waals surface area contributed by atoms with Gasteiger partial charge >= 0.3 is 0 Å². The van der Waals surface area contributed by atoms with Gasteiger partial charge in [-0.2, -0.15) is 0 Å². The molecular formula is C12H15N3S. The maximum absolute atomic E-state index is 4.23. The summed E-state index contributed by atoms with van der Waals surface area (Å²) in [5.74, 6) is 1.02. The lowest BCUT2D eigenvalue weighted by atomic mass is 9.94. The lowest BCUT2D eigenvalue weighted by molar-refractivity contribution is 0.457. The van der Waals surface area contributed by atoms with Crippen LogP contribution < -0.4 is 5.32 Å². The highest BCUT2D eigenvalue weighted by atomic mass is 32.1. The highest BCUT2D eigenvalue weighted by molar-refractivity contribution is 7.10. The van der Waals surface area contributed by atoms with Gasteiger partial charge in [0.05, 0.1) is 6.54 Å². The first-order valence-electron chi connectivity index (χ1n) is 5.71. The van der Waals surface area contributed by atoms with Gasteiger partial charge < -0.3 is 10.3 Å². The maximum atomic E-state index is 4.23. The number of nitrogens with zero attached hydrogens (tertiary/aromatic N) is 1. The molecule has 4 heteroatoms. The van der Waals surface area contributed by atoms with E-state index in [1.165, 1.54) is 24.8 Å². The summed E-state index contributed by atoms with van der Waals surface area (Å²) in [6.45, 7) is 0.826. The van der Waals surface area contributed by atoms with Crippen LogP contribution in [0.5, 0.6) is 0 Å². The van der Waals surface area contributed by atoms with Crippen molar-refractivity contribution in [2.75, 3.05) is 0 Å². The van der Waals surface area contributed by atoms with E-state index in [1.807, 2.05) is 17.5 Å². The van der Waals surface area contributed by atoms with Crippen molar-refractivity contribution >= 4 is 11.3 Å². The lowest BCUT2D eigenvalue weighted by Gasteiger charge is -2.23. The largest absolute Gasteiger partial charge is 0.348 e. The Hall–Kier alpha value is -1.13. The summed E-state index contributed by atoms with van der Waals surface area (Å²) >= 11 is 1.89. The second-order valence-electron chi connectivity index (χ2n) is 4.16. The summed E-state index contributed by atoms with van der Waals surface area (Å²) in [6.07, 6.45) is 7.46. The van der Waals surface area contributed by atoms with Crippen LogP contribution in [0.15, 0.2) is 23.8 Å². The average Bonchev–Trinajstić information content (AvgIpc) is 2.97. The minimum absolute atomic E-state index is 0.514. The second kappa shape index (κ2) is 4.39. The monoisotopic (exact) mass is 233 g/mol. The van der Waals surface area contributed by atoms with Crippen LogP contribution in [0.4, 0.5) is 0 Å². The minimum atomic E-state index is 0.514. The normalized spacial score (nSPS) is 19.6. The number of thiophene rings is 1. The molecule has 3 rings (SSSR count). The van der Waals surface area contributed by atoms with Crippen LogP contribution in [-0.2, 0) is 13.0 Å². The Bertz CT molecular complexity index is 447. The number of H-pyrrole nitrogens is 1. The van der Waals surface area contributed by atoms with E-state index < -0.39 is 0 Å². The van der Waals surface area contributed by atoms with Crippen LogP contribution in [0.2, 0.25) is 0 Å². The molecule has 0 saturated carbocycles. The molecule has 2 aromatic heterocycles. The number of aromatic nitrogens is 2. The van der Waals surface area contributed by atoms with E-state index in [9.17, 15) is 0 Å². The molecule has 1 aliphatic rings. The van der Waals surface area contributed by atoms with Crippen molar-refractivity contribution in [3.63, 3.8) is 0 Å². The fourth-order valence-corrected chi connectivity index (χ4v) is 3.30. The standard InChI is InChI=1S/C12H15N3S/c1-2-10(9-4-7-16-11(9)3-1)15-8-12-13-5-6-14-12/h4-7,10,15H,1-3,8H2,(H,13,14). The van der Waals surface area contributed by atoms with Crippen molar-refractivity contribution in [2.45, 2.75) is 31.8 Å². The van der Waals surface area contributed by atoms with Gasteiger partial charge in [0.2, 0.25) is 0 Å². The molecule has 1 atom stereocenters. The Morgan fingerprint density at radius 2 is 2.56 bits per heavy atom. The number of aromatic amines is 1. The molecule has 0 aliphatic heterocycles. The molecule has 0 fully saturated rings. The van der Waals surface area contributed by atoms with Crippen molar-refractivity contribution in [1.29, 1.82) is 0 Å². The molecule has 2 N–H and O–H groups in total. The molecule has 3 nitrogen and oxygen atoms in total. The highest BCUT2D eigenvalue weighted by Crippen LogP contribution is 2.33. The number of fused-ring (bicyclic) bond motifs is 1. The molecule has 0 radical (unpaired) electrons. The summed E-state index contributed by atoms with van der Waals surface area (Å²) in [6, 6.07) is 2.78. The first kappa shape index (κ1) is 10.1. The Morgan fingerprint density at radius 3 is 3.44 bits per heavy atom. The molecule has 2 heterocycles. The van der Waals surface area contributed by atoms with E-state index in [0.717, 1.165) is 12.4 Å². The molecular weight excluding hydrogens is 218 g/mol. The maximum Gasteiger partial charge on any atom is 0.120 e. The number of hydrogen-bond donors (Lipinski definition) is 2. The summed E-state index contributed by atoms with van der Waals surface area (Å²) in [7, 11) is 0. The number of imidazole rings is 1. The van der Waals surface area contributed by atoms with Gasteiger partial charge in [-0.05, 0) is 36.3 Å². The molecule has 1 aliphatic carbocycles. The van der Waals surface area contributed by atoms with Crippen LogP contribution in [0.1, 0.15) is 35.1 Å². The number of rotatable bonds is 3. The number of aryl methyl sites for hydroxylation is 1. The van der Waals surface area contributed by atoms with Crippen LogP contribution >= 0.6 is 11.3 Å². The number of nitrogens with one attached hydrogen (secondary N) is 2. The molecule has 0 aromatic carbocycles. The SMILES string of the molecule is c1c[nH]c(CNC2CCCc3sccc32)n1. The zero-order valence-corrected chi connectivity index (χ0v) is 9.89. The van der Waals surface area contributed by atoms with Crippen molar-refractivity contribution in [3.8, 4) is 0 Å². The Labute approximate surface area is 98.9 Å². The topological polar surface area (TPSA) is 40.7 Å². The van der Waals surface area contributed by atoms with Gasteiger partial charge in [-0.15, -0.1) is 11.3 Å². The molecule has 2 aromatic rings. The van der Waals surface area contributed by atoms with Crippen LogP contribution in [0.25, 0.3) is 0 Å². The quantitative estimate of drug-likeness (QED) is 0.855. The van der Waals surface area contributed by atoms with Crippen LogP contribution in [-0.4, -0.2) is 9.97 Å². The molecule has 84 valence electrons. The fraction of sp³-hybridized carbons (Fsp3) is 0.417. The lowest BCUT2D eigenvalue weighted by Crippen LogP contribution is -2.24. The third-order valence-electron chi connectivity index (χ3n) is 3.12. The van der Waals surface area contributed by atoms with E-state index >= 15 is 0 Å². The zero-order valence-electron chi connectivity index (χ0n) is 9.07. The van der Waals surface area contributed by atoms with E-state index in [2.05, 4.69) is 26.7 Å². The Morgan fingerprint density at radius 1 is 1.56 bits per heavy atom. The smallest absolute Gasteiger partial charge is 0.120 e. The summed E-state index contributed by atoms with van der Waals surface area (Å²) < 4.78 is 0. The zero-order chi connectivity index (χ0) is 10.8. The van der Waals surface area contributed by atoms with Crippen molar-refractivity contribution in [2.24, 2.45) is 0 Å². The van der Waals surface area contributed by atoms with E-state index in [0.29, 0.717) is 6.04 Å². The Kier molecular flexibility index (Phi) is 2.76. The van der Waals surface area contributed by atoms with Crippen molar-refractivity contribution < 1.29 is 0 Å². The predicted molar refractivity (Wildman–Crippen MR) is 65.4 cm³/mol. The van der Waals surface area contributed by atoms with Gasteiger partial charge in [0.25, 0.3) is 0 Å². The molecule has 1 unspecified atom stereocenters. The summed E-state index contributed by atoms with van der Waals surface area (Å²) in [5, 5.41) is 5.79. The minimum Gasteiger partial charge on any atom is -0.348 e. The molecule has 0 bridgehead atoms. The van der Waals surface area contributed by atoms with Gasteiger partial charge in [0.15, 0.2) is 0 Å². The molecule has 16 heavy (non-hydrogen) atoms. The Balaban J connectivity index is 1.69. The third-order valence-corrected chi connectivity index (χ3v) is 4.12. The third kappa shape index (κ3) is 1.90. The van der Waals surface area contributed by atoms with Crippen molar-refractivity contribution in [1.82, 2.24) is 15.3 Å². The van der Waals surface area contributed by atoms with E-state index in [4.69, 9.17) is 0 Å². The van der Waals surface area contributed by atoms with Crippen LogP contribution in [0, 0.1) is 0 Å². The first-order valence-corrected chi connectivity index (χ1v) is 6.59. The molecule has 0 saturated heterocycles. The van der Waals surface area contributed by atoms with Gasteiger partial charge in [-0.25, -0.2) is 4.98 Å². The first-order chi connectivity index (χ1) is 7.93. The van der Waals surface area contributed by atoms with Gasteiger partial charge in [-0.1, -0.05) is 0 Å². The average molecular weight is 233 g/mol. The van der Waals surface area contributed by atoms with Gasteiger partial charge in [0.1, 0.15) is 5.82 Å². The van der Waals surface area contributed by atoms with Gasteiger partial charge in [-0.3, -0.25) is 0 Å². The molecule has 0 amide bonds. The number of hydrogen-bond acceptors (Lipinski definition) is 3. The van der Waals surface area contributed by atoms with Gasteiger partial charge in [0, 0.05) is 23.3 Å². The fourth-order valence-electron chi connectivity index (χ4n) is 2.31. The van der Waals surface area contributed by atoms with E-state index in [1.54, 1.807) is 11.1 Å². The van der Waals surface area contributed by atoms with Crippen molar-refractivity contribution in [3.05, 3.63) is 40.1 Å². The second-order valence-corrected chi connectivity index (χ2v) is 5.16. The highest BCUT2D eigenvalue weighted by Gasteiger charge is 2.20. The summed E-state index contributed by atoms with van der Waals surface area (Å²) in [4.78, 5) is 8.91. The predicted octanol–water partition coefficient (Wildman–Crippen LogP) is 2.64.